The summed E-state index contributed by atoms with van der Waals surface area (Å²) in [5, 5.41) is 0. The lowest BCUT2D eigenvalue weighted by Gasteiger charge is -2.39. The Bertz CT molecular complexity index is 964. The van der Waals surface area contributed by atoms with Crippen LogP contribution in [-0.4, -0.2) is 24.1 Å². The van der Waals surface area contributed by atoms with E-state index in [1.807, 2.05) is 0 Å². The number of quaternary nitrogens is 1. The topological polar surface area (TPSA) is 0 Å². The zero-order valence-corrected chi connectivity index (χ0v) is 42.8. The molecule has 0 aliphatic heterocycles. The van der Waals surface area contributed by atoms with Crippen LogP contribution in [0.3, 0.4) is 0 Å². The molecule has 0 N–H and O–H groups in total. The van der Waals surface area contributed by atoms with Gasteiger partial charge in [-0.3, -0.25) is 0 Å². The van der Waals surface area contributed by atoms with E-state index < -0.39 is 0 Å². The maximum Gasteiger partial charge on any atom is 0.104 e. The smallest absolute Gasteiger partial charge is 0.104 e. The Kier molecular flexibility index (Phi) is 46.0. The van der Waals surface area contributed by atoms with Gasteiger partial charge in [0, 0.05) is 5.56 Å². The van der Waals surface area contributed by atoms with E-state index in [0.717, 1.165) is 0 Å². The van der Waals surface area contributed by atoms with Gasteiger partial charge in [-0.15, -0.1) is 0 Å². The van der Waals surface area contributed by atoms with Crippen LogP contribution in [0.2, 0.25) is 0 Å². The predicted molar refractivity (Wildman–Crippen MR) is 283 cm³/mol. The maximum absolute atomic E-state index is 2.51. The summed E-state index contributed by atoms with van der Waals surface area (Å²) in [5.74, 6) is 0. The Morgan fingerprint density at radius 2 is 0.500 bits per heavy atom. The van der Waals surface area contributed by atoms with Gasteiger partial charge in [0.15, 0.2) is 0 Å². The van der Waals surface area contributed by atoms with Crippen molar-refractivity contribution in [3.8, 4) is 0 Å². The number of allylic oxidation sites excluding steroid dienone is 6. The van der Waals surface area contributed by atoms with E-state index in [0.29, 0.717) is 0 Å². The molecule has 0 radical (unpaired) electrons. The molecular weight excluding hydrogens is 747 g/mol. The summed E-state index contributed by atoms with van der Waals surface area (Å²) >= 11 is 0. The molecule has 62 heavy (non-hydrogen) atoms. The lowest BCUT2D eigenvalue weighted by molar-refractivity contribution is -0.941. The van der Waals surface area contributed by atoms with Crippen molar-refractivity contribution in [2.75, 3.05) is 19.6 Å². The third-order valence-corrected chi connectivity index (χ3v) is 13.8. The van der Waals surface area contributed by atoms with E-state index >= 15 is 0 Å². The second kappa shape index (κ2) is 48.8. The Morgan fingerprint density at radius 3 is 0.758 bits per heavy atom. The van der Waals surface area contributed by atoms with Crippen molar-refractivity contribution in [3.05, 3.63) is 72.4 Å². The Balaban J connectivity index is 2.54. The highest BCUT2D eigenvalue weighted by Gasteiger charge is 2.26. The molecule has 0 aliphatic carbocycles. The summed E-state index contributed by atoms with van der Waals surface area (Å²) in [6.07, 6.45) is 73.5. The van der Waals surface area contributed by atoms with Crippen LogP contribution in [0.25, 0.3) is 0 Å². The van der Waals surface area contributed by atoms with E-state index in [2.05, 4.69) is 87.6 Å². The number of hydrogen-bond acceptors (Lipinski definition) is 0. The molecule has 1 rings (SSSR count). The first-order chi connectivity index (χ1) is 30.8. The molecule has 0 aromatic heterocycles. The molecular formula is C61H112N+. The molecule has 0 bridgehead atoms. The zero-order chi connectivity index (χ0) is 44.4. The molecule has 0 amide bonds. The molecule has 0 saturated heterocycles. The van der Waals surface area contributed by atoms with Crippen molar-refractivity contribution >= 4 is 0 Å². The zero-order valence-electron chi connectivity index (χ0n) is 42.8. The second-order valence-electron chi connectivity index (χ2n) is 20.0. The molecule has 1 aromatic rings. The molecule has 1 heteroatoms. The predicted octanol–water partition coefficient (Wildman–Crippen LogP) is 21.1. The Hall–Kier alpha value is -1.60. The van der Waals surface area contributed by atoms with Gasteiger partial charge in [-0.1, -0.05) is 242 Å². The minimum absolute atomic E-state index is 1.22. The van der Waals surface area contributed by atoms with E-state index in [4.69, 9.17) is 0 Å². The van der Waals surface area contributed by atoms with Crippen molar-refractivity contribution in [1.29, 1.82) is 0 Å². The lowest BCUT2D eigenvalue weighted by Crippen LogP contribution is -2.49. The van der Waals surface area contributed by atoms with Crippen molar-refractivity contribution < 1.29 is 4.48 Å². The lowest BCUT2D eigenvalue weighted by atomic mass is 10.0. The van der Waals surface area contributed by atoms with Crippen LogP contribution in [0, 0.1) is 0 Å². The number of benzene rings is 1. The first-order valence-electron chi connectivity index (χ1n) is 28.6. The highest BCUT2D eigenvalue weighted by Crippen LogP contribution is 2.23. The fraction of sp³-hybridized carbons (Fsp3) is 0.803. The number of hydrogen-bond donors (Lipinski definition) is 0. The van der Waals surface area contributed by atoms with Crippen molar-refractivity contribution in [3.63, 3.8) is 0 Å². The van der Waals surface area contributed by atoms with Gasteiger partial charge >= 0.3 is 0 Å². The molecule has 0 saturated carbocycles. The third kappa shape index (κ3) is 41.1. The minimum atomic E-state index is 1.22. The van der Waals surface area contributed by atoms with E-state index in [1.54, 1.807) is 5.56 Å². The van der Waals surface area contributed by atoms with Gasteiger partial charge in [0.05, 0.1) is 19.6 Å². The number of nitrogens with zero attached hydrogens (tertiary/aromatic N) is 1. The molecule has 0 aliphatic rings. The molecule has 0 spiro atoms. The van der Waals surface area contributed by atoms with Gasteiger partial charge < -0.3 is 4.48 Å². The van der Waals surface area contributed by atoms with Gasteiger partial charge in [0.2, 0.25) is 0 Å². The van der Waals surface area contributed by atoms with Crippen LogP contribution in [-0.2, 0) is 6.54 Å². The molecule has 0 heterocycles. The summed E-state index contributed by atoms with van der Waals surface area (Å²) < 4.78 is 1.31. The van der Waals surface area contributed by atoms with Gasteiger partial charge in [-0.05, 0) is 116 Å². The fourth-order valence-electron chi connectivity index (χ4n) is 9.63. The molecule has 0 unspecified atom stereocenters. The highest BCUT2D eigenvalue weighted by molar-refractivity contribution is 5.13. The van der Waals surface area contributed by atoms with Crippen LogP contribution in [0.5, 0.6) is 0 Å². The van der Waals surface area contributed by atoms with Gasteiger partial charge in [-0.25, -0.2) is 0 Å². The molecule has 0 atom stereocenters. The highest BCUT2D eigenvalue weighted by atomic mass is 15.3. The number of rotatable bonds is 50. The van der Waals surface area contributed by atoms with Crippen LogP contribution in [0.15, 0.2) is 66.8 Å². The van der Waals surface area contributed by atoms with E-state index in [-0.39, 0.29) is 0 Å². The normalized spacial score (nSPS) is 12.3. The van der Waals surface area contributed by atoms with Crippen molar-refractivity contribution in [1.82, 2.24) is 0 Å². The number of unbranched alkanes of at least 4 members (excludes halogenated alkanes) is 36. The standard InChI is InChI=1S/C61H112N/c1-4-7-10-13-16-19-22-25-28-31-34-37-40-43-46-52-57-62(60-61-55-50-49-51-56-61,58-53-47-44-41-38-35-32-29-26-23-20-17-14-11-8-5-2)59-54-48-45-42-39-36-33-30-27-24-21-18-15-12-9-6-3/h34-39,49-51,55-56H,4-33,40-48,52-54,57-60H2,1-3H3/q+1/b37-34+,38-35+,39-36+. The van der Waals surface area contributed by atoms with Gasteiger partial charge in [0.1, 0.15) is 6.54 Å². The second-order valence-corrected chi connectivity index (χ2v) is 20.0. The molecule has 360 valence electrons. The quantitative estimate of drug-likeness (QED) is 0.0348. The molecule has 1 nitrogen and oxygen atoms in total. The van der Waals surface area contributed by atoms with Crippen LogP contribution in [0.4, 0.5) is 0 Å². The van der Waals surface area contributed by atoms with Crippen molar-refractivity contribution in [2.45, 2.75) is 297 Å². The Labute approximate surface area is 391 Å². The van der Waals surface area contributed by atoms with Gasteiger partial charge in [-0.2, -0.15) is 0 Å². The minimum Gasteiger partial charge on any atom is -0.320 e. The largest absolute Gasteiger partial charge is 0.320 e. The van der Waals surface area contributed by atoms with Crippen LogP contribution < -0.4 is 0 Å². The fourth-order valence-corrected chi connectivity index (χ4v) is 9.63. The van der Waals surface area contributed by atoms with Gasteiger partial charge in [0.25, 0.3) is 0 Å². The summed E-state index contributed by atoms with van der Waals surface area (Å²) in [7, 11) is 0. The molecule has 1 aromatic carbocycles. The average Bonchev–Trinajstić information content (AvgIpc) is 3.29. The first kappa shape index (κ1) is 58.4. The average molecular weight is 860 g/mol. The van der Waals surface area contributed by atoms with E-state index in [9.17, 15) is 0 Å². The van der Waals surface area contributed by atoms with Crippen molar-refractivity contribution in [2.24, 2.45) is 0 Å². The third-order valence-electron chi connectivity index (χ3n) is 13.8. The summed E-state index contributed by atoms with van der Waals surface area (Å²) in [6, 6.07) is 11.6. The van der Waals surface area contributed by atoms with E-state index in [1.165, 1.54) is 300 Å². The summed E-state index contributed by atoms with van der Waals surface area (Å²) in [4.78, 5) is 0. The summed E-state index contributed by atoms with van der Waals surface area (Å²) in [5.41, 5.74) is 1.55. The van der Waals surface area contributed by atoms with Crippen LogP contribution >= 0.6 is 0 Å². The maximum atomic E-state index is 2.51. The SMILES string of the molecule is CCCCCCCCCCC/C=C/CCCCC[N+](CCCCC/C=C/CCCCCCCCCCC)(CCCCC/C=C/CCCCCCCCCCC)Cc1ccccc1. The first-order valence-corrected chi connectivity index (χ1v) is 28.6. The summed E-state index contributed by atoms with van der Waals surface area (Å²) in [6.45, 7) is 12.2. The Morgan fingerprint density at radius 1 is 0.274 bits per heavy atom. The van der Waals surface area contributed by atoms with Crippen LogP contribution in [0.1, 0.15) is 296 Å². The molecule has 0 fully saturated rings. The monoisotopic (exact) mass is 859 g/mol.